The molecule has 0 atom stereocenters. The maximum Gasteiger partial charge on any atom is 0.179 e. The number of carbonyl (C=O) groups is 1. The van der Waals surface area contributed by atoms with E-state index in [9.17, 15) is 4.79 Å². The Labute approximate surface area is 100.0 Å². The van der Waals surface area contributed by atoms with Gasteiger partial charge in [0, 0.05) is 29.2 Å². The van der Waals surface area contributed by atoms with Crippen LogP contribution in [0.5, 0.6) is 0 Å². The molecule has 0 saturated carbocycles. The second kappa shape index (κ2) is 5.61. The van der Waals surface area contributed by atoms with Crippen LogP contribution in [0.15, 0.2) is 6.07 Å². The molecule has 0 N–H and O–H groups in total. The van der Waals surface area contributed by atoms with E-state index in [1.807, 2.05) is 19.9 Å². The first-order chi connectivity index (χ1) is 7.11. The molecule has 15 heavy (non-hydrogen) atoms. The van der Waals surface area contributed by atoms with E-state index in [0.29, 0.717) is 0 Å². The van der Waals surface area contributed by atoms with Crippen LogP contribution in [-0.4, -0.2) is 28.2 Å². The summed E-state index contributed by atoms with van der Waals surface area (Å²) in [5.74, 6) is 1.14. The van der Waals surface area contributed by atoms with Crippen molar-refractivity contribution >= 4 is 29.1 Å². The largest absolute Gasteiger partial charge is 0.348 e. The SMILES string of the molecule is CSCCn1c(C)cc(C(=O)CCl)c1C. The number of aryl methyl sites for hydroxylation is 1. The second-order valence-corrected chi connectivity index (χ2v) is 4.74. The van der Waals surface area contributed by atoms with Crippen molar-refractivity contribution in [3.63, 3.8) is 0 Å². The summed E-state index contributed by atoms with van der Waals surface area (Å²) in [6.07, 6.45) is 2.08. The predicted octanol–water partition coefficient (Wildman–Crippen LogP) is 2.89. The van der Waals surface area contributed by atoms with Gasteiger partial charge in [0.05, 0.1) is 5.88 Å². The number of hydrogen-bond donors (Lipinski definition) is 0. The van der Waals surface area contributed by atoms with E-state index in [1.54, 1.807) is 11.8 Å². The number of nitrogens with zero attached hydrogens (tertiary/aromatic N) is 1. The van der Waals surface area contributed by atoms with Gasteiger partial charge >= 0.3 is 0 Å². The molecule has 0 spiro atoms. The van der Waals surface area contributed by atoms with Crippen LogP contribution in [-0.2, 0) is 6.54 Å². The Kier molecular flexibility index (Phi) is 4.74. The van der Waals surface area contributed by atoms with Gasteiger partial charge in [-0.05, 0) is 26.2 Å². The molecular formula is C11H16ClNOS. The quantitative estimate of drug-likeness (QED) is 0.588. The first-order valence-corrected chi connectivity index (χ1v) is 6.79. The van der Waals surface area contributed by atoms with Crippen molar-refractivity contribution in [3.8, 4) is 0 Å². The van der Waals surface area contributed by atoms with Crippen LogP contribution in [0.2, 0.25) is 0 Å². The van der Waals surface area contributed by atoms with E-state index < -0.39 is 0 Å². The smallest absolute Gasteiger partial charge is 0.179 e. The molecule has 0 amide bonds. The molecule has 1 aromatic rings. The van der Waals surface area contributed by atoms with Crippen molar-refractivity contribution in [2.45, 2.75) is 20.4 Å². The molecule has 1 heterocycles. The van der Waals surface area contributed by atoms with E-state index in [-0.39, 0.29) is 11.7 Å². The minimum absolute atomic E-state index is 0.0140. The fourth-order valence-electron chi connectivity index (χ4n) is 1.68. The van der Waals surface area contributed by atoms with E-state index >= 15 is 0 Å². The Morgan fingerprint density at radius 2 is 2.20 bits per heavy atom. The molecule has 1 rings (SSSR count). The average Bonchev–Trinajstić information content (AvgIpc) is 2.51. The Morgan fingerprint density at radius 3 is 2.73 bits per heavy atom. The zero-order chi connectivity index (χ0) is 11.4. The molecule has 4 heteroatoms. The first kappa shape index (κ1) is 12.7. The lowest BCUT2D eigenvalue weighted by molar-refractivity contribution is 0.102. The fourth-order valence-corrected chi connectivity index (χ4v) is 2.19. The average molecular weight is 246 g/mol. The number of thioether (sulfide) groups is 1. The van der Waals surface area contributed by atoms with Crippen LogP contribution in [0.3, 0.4) is 0 Å². The lowest BCUT2D eigenvalue weighted by Gasteiger charge is -2.08. The summed E-state index contributed by atoms with van der Waals surface area (Å²) in [5.41, 5.74) is 2.94. The number of ketones is 1. The van der Waals surface area contributed by atoms with E-state index in [4.69, 9.17) is 11.6 Å². The highest BCUT2D eigenvalue weighted by Crippen LogP contribution is 2.16. The lowest BCUT2D eigenvalue weighted by Crippen LogP contribution is -2.07. The summed E-state index contributed by atoms with van der Waals surface area (Å²) in [7, 11) is 0. The van der Waals surface area contributed by atoms with Crippen LogP contribution in [0, 0.1) is 13.8 Å². The zero-order valence-corrected chi connectivity index (χ0v) is 10.9. The molecule has 2 nitrogen and oxygen atoms in total. The van der Waals surface area contributed by atoms with Gasteiger partial charge in [-0.25, -0.2) is 0 Å². The lowest BCUT2D eigenvalue weighted by atomic mass is 10.2. The van der Waals surface area contributed by atoms with Crippen LogP contribution in [0.1, 0.15) is 21.7 Å². The summed E-state index contributed by atoms with van der Waals surface area (Å²) in [4.78, 5) is 11.5. The molecule has 0 fully saturated rings. The first-order valence-electron chi connectivity index (χ1n) is 4.86. The zero-order valence-electron chi connectivity index (χ0n) is 9.34. The number of hydrogen-bond acceptors (Lipinski definition) is 2. The highest BCUT2D eigenvalue weighted by atomic mass is 35.5. The normalized spacial score (nSPS) is 10.7. The summed E-state index contributed by atoms with van der Waals surface area (Å²) >= 11 is 7.37. The Hall–Kier alpha value is -0.410. The molecule has 0 aromatic carbocycles. The van der Waals surface area contributed by atoms with Crippen molar-refractivity contribution in [1.82, 2.24) is 4.57 Å². The third-order valence-corrected chi connectivity index (χ3v) is 3.35. The van der Waals surface area contributed by atoms with Gasteiger partial charge in [-0.2, -0.15) is 11.8 Å². The molecule has 1 aromatic heterocycles. The minimum Gasteiger partial charge on any atom is -0.348 e. The van der Waals surface area contributed by atoms with Gasteiger partial charge in [-0.1, -0.05) is 0 Å². The molecule has 0 aliphatic rings. The summed E-state index contributed by atoms with van der Waals surface area (Å²) < 4.78 is 2.18. The fraction of sp³-hybridized carbons (Fsp3) is 0.545. The van der Waals surface area contributed by atoms with Crippen molar-refractivity contribution < 1.29 is 4.79 Å². The van der Waals surface area contributed by atoms with Crippen LogP contribution < -0.4 is 0 Å². The van der Waals surface area contributed by atoms with Gasteiger partial charge in [-0.3, -0.25) is 4.79 Å². The standard InChI is InChI=1S/C11H16ClNOS/c1-8-6-10(11(14)7-12)9(2)13(8)4-5-15-3/h6H,4-5,7H2,1-3H3. The summed E-state index contributed by atoms with van der Waals surface area (Å²) in [5, 5.41) is 0. The van der Waals surface area contributed by atoms with E-state index in [0.717, 1.165) is 29.2 Å². The van der Waals surface area contributed by atoms with Gasteiger partial charge in [-0.15, -0.1) is 11.6 Å². The highest BCUT2D eigenvalue weighted by Gasteiger charge is 2.14. The summed E-state index contributed by atoms with van der Waals surface area (Å²) in [6, 6.07) is 1.93. The maximum absolute atomic E-state index is 11.5. The monoisotopic (exact) mass is 245 g/mol. The van der Waals surface area contributed by atoms with Crippen molar-refractivity contribution in [3.05, 3.63) is 23.0 Å². The number of alkyl halides is 1. The topological polar surface area (TPSA) is 22.0 Å². The summed E-state index contributed by atoms with van der Waals surface area (Å²) in [6.45, 7) is 4.96. The third kappa shape index (κ3) is 2.79. The highest BCUT2D eigenvalue weighted by molar-refractivity contribution is 7.98. The van der Waals surface area contributed by atoms with Gasteiger partial charge in [0.25, 0.3) is 0 Å². The number of halogens is 1. The molecule has 0 unspecified atom stereocenters. The van der Waals surface area contributed by atoms with E-state index in [2.05, 4.69) is 10.8 Å². The Bertz CT molecular complexity index is 360. The Morgan fingerprint density at radius 1 is 1.53 bits per heavy atom. The molecule has 84 valence electrons. The molecular weight excluding hydrogens is 230 g/mol. The number of carbonyl (C=O) groups excluding carboxylic acids is 1. The predicted molar refractivity (Wildman–Crippen MR) is 67.3 cm³/mol. The van der Waals surface area contributed by atoms with Gasteiger partial charge in [0.15, 0.2) is 5.78 Å². The maximum atomic E-state index is 11.5. The van der Waals surface area contributed by atoms with Crippen molar-refractivity contribution in [1.29, 1.82) is 0 Å². The minimum atomic E-state index is 0.0140. The number of Topliss-reactive ketones (excluding diaryl/α,β-unsaturated/α-hetero) is 1. The molecule has 0 aliphatic heterocycles. The number of aromatic nitrogens is 1. The molecule has 0 radical (unpaired) electrons. The van der Waals surface area contributed by atoms with Crippen LogP contribution in [0.25, 0.3) is 0 Å². The third-order valence-electron chi connectivity index (χ3n) is 2.51. The van der Waals surface area contributed by atoms with Gasteiger partial charge < -0.3 is 4.57 Å². The molecule has 0 saturated heterocycles. The second-order valence-electron chi connectivity index (χ2n) is 3.49. The van der Waals surface area contributed by atoms with E-state index in [1.165, 1.54) is 0 Å². The van der Waals surface area contributed by atoms with Crippen molar-refractivity contribution in [2.24, 2.45) is 0 Å². The van der Waals surface area contributed by atoms with Crippen LogP contribution >= 0.6 is 23.4 Å². The van der Waals surface area contributed by atoms with Crippen LogP contribution in [0.4, 0.5) is 0 Å². The van der Waals surface area contributed by atoms with Crippen molar-refractivity contribution in [2.75, 3.05) is 17.9 Å². The molecule has 0 bridgehead atoms. The van der Waals surface area contributed by atoms with Gasteiger partial charge in [0.2, 0.25) is 0 Å². The number of rotatable bonds is 5. The van der Waals surface area contributed by atoms with Gasteiger partial charge in [0.1, 0.15) is 0 Å². The Balaban J connectivity index is 2.98. The molecule has 0 aliphatic carbocycles.